The summed E-state index contributed by atoms with van der Waals surface area (Å²) < 4.78 is 12.8. The molecule has 1 aromatic rings. The van der Waals surface area contributed by atoms with Crippen LogP contribution < -0.4 is 0 Å². The van der Waals surface area contributed by atoms with E-state index in [1.165, 1.54) is 30.4 Å². The van der Waals surface area contributed by atoms with Crippen molar-refractivity contribution < 1.29 is 9.47 Å². The monoisotopic (exact) mass is 286 g/mol. The van der Waals surface area contributed by atoms with Crippen LogP contribution in [0.4, 0.5) is 0 Å². The lowest BCUT2D eigenvalue weighted by atomic mass is 9.94. The number of ether oxygens (including phenoxy) is 2. The molecule has 2 nitrogen and oxygen atoms in total. The van der Waals surface area contributed by atoms with E-state index in [-0.39, 0.29) is 17.5 Å². The molecule has 1 spiro atoms. The third kappa shape index (κ3) is 3.07. The van der Waals surface area contributed by atoms with E-state index in [1.54, 1.807) is 0 Å². The molecule has 2 heteroatoms. The van der Waals surface area contributed by atoms with Crippen molar-refractivity contribution in [3.8, 4) is 0 Å². The smallest absolute Gasteiger partial charge is 0.170 e. The van der Waals surface area contributed by atoms with Gasteiger partial charge in [-0.25, -0.2) is 0 Å². The summed E-state index contributed by atoms with van der Waals surface area (Å²) in [6, 6.07) is 10.4. The molecule has 0 N–H and O–H groups in total. The Labute approximate surface area is 128 Å². The maximum Gasteiger partial charge on any atom is 0.170 e. The summed E-state index contributed by atoms with van der Waals surface area (Å²) in [5.41, 5.74) is 2.21. The van der Waals surface area contributed by atoms with Crippen molar-refractivity contribution in [2.75, 3.05) is 0 Å². The average Bonchev–Trinajstić information content (AvgIpc) is 2.71. The highest BCUT2D eigenvalue weighted by atomic mass is 16.8. The molecule has 0 unspecified atom stereocenters. The molecule has 0 aromatic heterocycles. The van der Waals surface area contributed by atoms with E-state index in [1.807, 2.05) is 6.07 Å². The van der Waals surface area contributed by atoms with E-state index < -0.39 is 0 Å². The molecule has 2 fully saturated rings. The summed E-state index contributed by atoms with van der Waals surface area (Å²) in [4.78, 5) is 0. The summed E-state index contributed by atoms with van der Waals surface area (Å²) in [5, 5.41) is 0. The highest BCUT2D eigenvalue weighted by molar-refractivity contribution is 5.53. The van der Waals surface area contributed by atoms with Gasteiger partial charge in [-0.05, 0) is 44.7 Å². The molecule has 3 rings (SSSR count). The van der Waals surface area contributed by atoms with Gasteiger partial charge in [0.15, 0.2) is 5.79 Å². The molecule has 1 aromatic carbocycles. The fourth-order valence-corrected chi connectivity index (χ4v) is 3.75. The van der Waals surface area contributed by atoms with Crippen LogP contribution in [-0.4, -0.2) is 17.5 Å². The van der Waals surface area contributed by atoms with Crippen LogP contribution in [0.5, 0.6) is 0 Å². The number of hydrogen-bond acceptors (Lipinski definition) is 2. The van der Waals surface area contributed by atoms with Crippen LogP contribution in [0, 0.1) is 0 Å². The molecular weight excluding hydrogens is 260 g/mol. The molecule has 114 valence electrons. The highest BCUT2D eigenvalue weighted by Crippen LogP contribution is 2.46. The predicted molar refractivity (Wildman–Crippen MR) is 85.9 cm³/mol. The number of hydrogen-bond donors (Lipinski definition) is 0. The SMILES string of the molecule is C/C(=C\c1ccccc1)[C@H]1OC2(CCCCC2)OC1(C)C. The first-order valence-corrected chi connectivity index (χ1v) is 8.12. The molecule has 1 aliphatic carbocycles. The summed E-state index contributed by atoms with van der Waals surface area (Å²) >= 11 is 0. The second-order valence-corrected chi connectivity index (χ2v) is 6.97. The van der Waals surface area contributed by atoms with Gasteiger partial charge in [-0.3, -0.25) is 0 Å². The zero-order valence-corrected chi connectivity index (χ0v) is 13.4. The first-order chi connectivity index (χ1) is 10.0. The molecule has 2 aliphatic rings. The zero-order valence-electron chi connectivity index (χ0n) is 13.4. The lowest BCUT2D eigenvalue weighted by molar-refractivity contribution is -0.201. The standard InChI is InChI=1S/C19H26O2/c1-15(14-16-10-6-4-7-11-16)17-18(2,3)21-19(20-17)12-8-5-9-13-19/h4,6-7,10-11,14,17H,5,8-9,12-13H2,1-3H3/b15-14+/t17-/m1/s1. The highest BCUT2D eigenvalue weighted by Gasteiger charge is 2.52. The topological polar surface area (TPSA) is 18.5 Å². The largest absolute Gasteiger partial charge is 0.341 e. The van der Waals surface area contributed by atoms with Crippen LogP contribution >= 0.6 is 0 Å². The van der Waals surface area contributed by atoms with E-state index in [9.17, 15) is 0 Å². The summed E-state index contributed by atoms with van der Waals surface area (Å²) in [5.74, 6) is -0.335. The van der Waals surface area contributed by atoms with Crippen LogP contribution in [0.25, 0.3) is 6.08 Å². The summed E-state index contributed by atoms with van der Waals surface area (Å²) in [7, 11) is 0. The molecule has 21 heavy (non-hydrogen) atoms. The molecule has 1 saturated carbocycles. The summed E-state index contributed by atoms with van der Waals surface area (Å²) in [6.45, 7) is 6.47. The average molecular weight is 286 g/mol. The van der Waals surface area contributed by atoms with Gasteiger partial charge in [-0.1, -0.05) is 42.8 Å². The minimum Gasteiger partial charge on any atom is -0.341 e. The van der Waals surface area contributed by atoms with Crippen molar-refractivity contribution in [2.24, 2.45) is 0 Å². The van der Waals surface area contributed by atoms with Gasteiger partial charge >= 0.3 is 0 Å². The molecule has 0 radical (unpaired) electrons. The molecular formula is C19H26O2. The van der Waals surface area contributed by atoms with Crippen LogP contribution in [-0.2, 0) is 9.47 Å². The third-order valence-corrected chi connectivity index (χ3v) is 4.64. The molecule has 1 atom stereocenters. The molecule has 1 aliphatic heterocycles. The van der Waals surface area contributed by atoms with Crippen molar-refractivity contribution in [2.45, 2.75) is 70.4 Å². The van der Waals surface area contributed by atoms with E-state index in [2.05, 4.69) is 51.1 Å². The Hall–Kier alpha value is -1.12. The molecule has 1 saturated heterocycles. The van der Waals surface area contributed by atoms with Gasteiger partial charge in [0.05, 0.1) is 5.60 Å². The fraction of sp³-hybridized carbons (Fsp3) is 0.579. The Morgan fingerprint density at radius 1 is 1.10 bits per heavy atom. The van der Waals surface area contributed by atoms with E-state index >= 15 is 0 Å². The quantitative estimate of drug-likeness (QED) is 0.766. The van der Waals surface area contributed by atoms with Crippen molar-refractivity contribution in [1.29, 1.82) is 0 Å². The minimum absolute atomic E-state index is 0.0378. The Bertz CT molecular complexity index is 510. The van der Waals surface area contributed by atoms with Gasteiger partial charge in [0.1, 0.15) is 6.10 Å². The van der Waals surface area contributed by atoms with Crippen LogP contribution in [0.2, 0.25) is 0 Å². The molecule has 0 amide bonds. The minimum atomic E-state index is -0.335. The second kappa shape index (κ2) is 5.58. The number of rotatable bonds is 2. The molecule has 0 bridgehead atoms. The molecule has 1 heterocycles. The Morgan fingerprint density at radius 3 is 2.43 bits per heavy atom. The Balaban J connectivity index is 1.82. The van der Waals surface area contributed by atoms with Crippen molar-refractivity contribution in [3.63, 3.8) is 0 Å². The fourth-order valence-electron chi connectivity index (χ4n) is 3.75. The van der Waals surface area contributed by atoms with Crippen LogP contribution in [0.1, 0.15) is 58.4 Å². The maximum absolute atomic E-state index is 6.45. The lowest BCUT2D eigenvalue weighted by Gasteiger charge is -2.32. The van der Waals surface area contributed by atoms with Crippen molar-refractivity contribution in [3.05, 3.63) is 41.5 Å². The van der Waals surface area contributed by atoms with Gasteiger partial charge < -0.3 is 9.47 Å². The van der Waals surface area contributed by atoms with E-state index in [0.29, 0.717) is 0 Å². The lowest BCUT2D eigenvalue weighted by Crippen LogP contribution is -2.35. The summed E-state index contributed by atoms with van der Waals surface area (Å²) in [6.07, 6.45) is 8.05. The maximum atomic E-state index is 6.45. The first-order valence-electron chi connectivity index (χ1n) is 8.12. The van der Waals surface area contributed by atoms with E-state index in [0.717, 1.165) is 12.8 Å². The van der Waals surface area contributed by atoms with Gasteiger partial charge in [0, 0.05) is 12.8 Å². The number of benzene rings is 1. The Kier molecular flexibility index (Phi) is 3.94. The normalized spacial score (nSPS) is 28.0. The van der Waals surface area contributed by atoms with Crippen molar-refractivity contribution >= 4 is 6.08 Å². The predicted octanol–water partition coefficient (Wildman–Crippen LogP) is 4.94. The van der Waals surface area contributed by atoms with Crippen molar-refractivity contribution in [1.82, 2.24) is 0 Å². The van der Waals surface area contributed by atoms with Gasteiger partial charge in [-0.15, -0.1) is 0 Å². The van der Waals surface area contributed by atoms with Gasteiger partial charge in [0.2, 0.25) is 0 Å². The van der Waals surface area contributed by atoms with Crippen LogP contribution in [0.3, 0.4) is 0 Å². The van der Waals surface area contributed by atoms with Gasteiger partial charge in [0.25, 0.3) is 0 Å². The zero-order chi connectivity index (χ0) is 14.9. The first kappa shape index (κ1) is 14.8. The van der Waals surface area contributed by atoms with E-state index in [4.69, 9.17) is 9.47 Å². The third-order valence-electron chi connectivity index (χ3n) is 4.64. The Morgan fingerprint density at radius 2 is 1.76 bits per heavy atom. The van der Waals surface area contributed by atoms with Gasteiger partial charge in [-0.2, -0.15) is 0 Å². The van der Waals surface area contributed by atoms with Crippen LogP contribution in [0.15, 0.2) is 35.9 Å². The second-order valence-electron chi connectivity index (χ2n) is 6.97.